The molecule has 0 aliphatic heterocycles. The predicted molar refractivity (Wildman–Crippen MR) is 87.6 cm³/mol. The molecule has 1 rings (SSSR count). The maximum Gasteiger partial charge on any atom is 0.122 e. The van der Waals surface area contributed by atoms with Gasteiger partial charge in [0.1, 0.15) is 5.75 Å². The van der Waals surface area contributed by atoms with Gasteiger partial charge >= 0.3 is 0 Å². The van der Waals surface area contributed by atoms with Gasteiger partial charge in [-0.25, -0.2) is 0 Å². The van der Waals surface area contributed by atoms with E-state index in [0.717, 1.165) is 49.2 Å². The number of ether oxygens (including phenoxy) is 2. The third-order valence-electron chi connectivity index (χ3n) is 3.21. The molecule has 0 aromatic heterocycles. The van der Waals surface area contributed by atoms with Gasteiger partial charge in [0.25, 0.3) is 0 Å². The Bertz CT molecular complexity index is 385. The lowest BCUT2D eigenvalue weighted by atomic mass is 10.0. The van der Waals surface area contributed by atoms with Crippen molar-refractivity contribution in [3.8, 4) is 5.75 Å². The smallest absolute Gasteiger partial charge is 0.122 e. The fourth-order valence-electron chi connectivity index (χ4n) is 2.17. The van der Waals surface area contributed by atoms with E-state index in [-0.39, 0.29) is 0 Å². The molecule has 0 saturated heterocycles. The Morgan fingerprint density at radius 3 is 2.75 bits per heavy atom. The first-order valence-electron chi connectivity index (χ1n) is 7.34. The molecular formula is C16H26BrNO2. The van der Waals surface area contributed by atoms with E-state index in [1.165, 1.54) is 5.56 Å². The zero-order chi connectivity index (χ0) is 14.8. The van der Waals surface area contributed by atoms with Crippen LogP contribution in [-0.4, -0.2) is 32.9 Å². The molecule has 0 radical (unpaired) electrons. The van der Waals surface area contributed by atoms with Gasteiger partial charge in [0.15, 0.2) is 0 Å². The fraction of sp³-hybridized carbons (Fsp3) is 0.625. The molecule has 0 bridgehead atoms. The Morgan fingerprint density at radius 2 is 2.10 bits per heavy atom. The zero-order valence-electron chi connectivity index (χ0n) is 12.7. The SMILES string of the molecule is CCCNC(CCOCC)Cc1cc(Br)ccc1OC. The Kier molecular flexibility index (Phi) is 8.90. The molecule has 0 saturated carbocycles. The highest BCUT2D eigenvalue weighted by Crippen LogP contribution is 2.24. The number of nitrogens with one attached hydrogen (secondary N) is 1. The van der Waals surface area contributed by atoms with E-state index in [2.05, 4.69) is 34.2 Å². The van der Waals surface area contributed by atoms with E-state index in [0.29, 0.717) is 6.04 Å². The average Bonchev–Trinajstić information content (AvgIpc) is 2.45. The van der Waals surface area contributed by atoms with E-state index >= 15 is 0 Å². The molecule has 0 aliphatic carbocycles. The molecule has 114 valence electrons. The van der Waals surface area contributed by atoms with E-state index in [1.54, 1.807) is 7.11 Å². The molecule has 4 heteroatoms. The third kappa shape index (κ3) is 6.25. The summed E-state index contributed by atoms with van der Waals surface area (Å²) in [5.41, 5.74) is 1.23. The van der Waals surface area contributed by atoms with Crippen LogP contribution in [0.15, 0.2) is 22.7 Å². The summed E-state index contributed by atoms with van der Waals surface area (Å²) in [5, 5.41) is 3.60. The number of hydrogen-bond acceptors (Lipinski definition) is 3. The summed E-state index contributed by atoms with van der Waals surface area (Å²) in [5.74, 6) is 0.952. The monoisotopic (exact) mass is 343 g/mol. The first kappa shape index (κ1) is 17.5. The maximum atomic E-state index is 5.48. The molecule has 1 aromatic carbocycles. The van der Waals surface area contributed by atoms with Crippen molar-refractivity contribution in [1.82, 2.24) is 5.32 Å². The van der Waals surface area contributed by atoms with Gasteiger partial charge in [0.05, 0.1) is 7.11 Å². The van der Waals surface area contributed by atoms with Gasteiger partial charge in [-0.1, -0.05) is 22.9 Å². The number of halogens is 1. The van der Waals surface area contributed by atoms with Gasteiger partial charge in [-0.15, -0.1) is 0 Å². The van der Waals surface area contributed by atoms with Gasteiger partial charge in [0, 0.05) is 23.7 Å². The summed E-state index contributed by atoms with van der Waals surface area (Å²) >= 11 is 3.53. The van der Waals surface area contributed by atoms with Gasteiger partial charge < -0.3 is 14.8 Å². The third-order valence-corrected chi connectivity index (χ3v) is 3.70. The molecule has 20 heavy (non-hydrogen) atoms. The lowest BCUT2D eigenvalue weighted by Gasteiger charge is -2.20. The number of rotatable bonds is 10. The van der Waals surface area contributed by atoms with Crippen molar-refractivity contribution in [3.63, 3.8) is 0 Å². The quantitative estimate of drug-likeness (QED) is 0.655. The minimum atomic E-state index is 0.421. The molecule has 3 nitrogen and oxygen atoms in total. The average molecular weight is 344 g/mol. The van der Waals surface area contributed by atoms with E-state index in [9.17, 15) is 0 Å². The van der Waals surface area contributed by atoms with Crippen molar-refractivity contribution in [2.45, 2.75) is 39.2 Å². The minimum absolute atomic E-state index is 0.421. The first-order chi connectivity index (χ1) is 9.71. The van der Waals surface area contributed by atoms with Crippen LogP contribution in [0.5, 0.6) is 5.75 Å². The predicted octanol–water partition coefficient (Wildman–Crippen LogP) is 3.80. The fourth-order valence-corrected chi connectivity index (χ4v) is 2.58. The van der Waals surface area contributed by atoms with Crippen LogP contribution in [0.25, 0.3) is 0 Å². The summed E-state index contributed by atoms with van der Waals surface area (Å²) in [6.45, 7) is 6.83. The Labute approximate surface area is 131 Å². The number of hydrogen-bond donors (Lipinski definition) is 1. The molecular weight excluding hydrogens is 318 g/mol. The van der Waals surface area contributed by atoms with Gasteiger partial charge in [-0.05, 0) is 56.5 Å². The van der Waals surface area contributed by atoms with Crippen molar-refractivity contribution in [2.24, 2.45) is 0 Å². The lowest BCUT2D eigenvalue weighted by molar-refractivity contribution is 0.136. The van der Waals surface area contributed by atoms with Gasteiger partial charge in [-0.3, -0.25) is 0 Å². The van der Waals surface area contributed by atoms with Crippen molar-refractivity contribution < 1.29 is 9.47 Å². The molecule has 0 spiro atoms. The van der Waals surface area contributed by atoms with Crippen molar-refractivity contribution in [3.05, 3.63) is 28.2 Å². The molecule has 0 heterocycles. The molecule has 0 fully saturated rings. The van der Waals surface area contributed by atoms with Crippen LogP contribution < -0.4 is 10.1 Å². The second-order valence-corrected chi connectivity index (χ2v) is 5.71. The van der Waals surface area contributed by atoms with Crippen molar-refractivity contribution in [2.75, 3.05) is 26.9 Å². The van der Waals surface area contributed by atoms with Crippen LogP contribution in [0.2, 0.25) is 0 Å². The van der Waals surface area contributed by atoms with Crippen LogP contribution >= 0.6 is 15.9 Å². The Hall–Kier alpha value is -0.580. The van der Waals surface area contributed by atoms with Crippen LogP contribution in [-0.2, 0) is 11.2 Å². The second kappa shape index (κ2) is 10.2. The topological polar surface area (TPSA) is 30.5 Å². The molecule has 0 amide bonds. The van der Waals surface area contributed by atoms with Crippen molar-refractivity contribution >= 4 is 15.9 Å². The van der Waals surface area contributed by atoms with Crippen LogP contribution in [0, 0.1) is 0 Å². The van der Waals surface area contributed by atoms with E-state index in [4.69, 9.17) is 9.47 Å². The zero-order valence-corrected chi connectivity index (χ0v) is 14.3. The first-order valence-corrected chi connectivity index (χ1v) is 8.14. The standard InChI is InChI=1S/C16H26BrNO2/c1-4-9-18-15(8-10-20-5-2)12-13-11-14(17)6-7-16(13)19-3/h6-7,11,15,18H,4-5,8-10,12H2,1-3H3. The van der Waals surface area contributed by atoms with E-state index in [1.807, 2.05) is 19.1 Å². The van der Waals surface area contributed by atoms with Crippen LogP contribution in [0.1, 0.15) is 32.3 Å². The van der Waals surface area contributed by atoms with Crippen molar-refractivity contribution in [1.29, 1.82) is 0 Å². The molecule has 1 atom stereocenters. The molecule has 1 N–H and O–H groups in total. The Balaban J connectivity index is 2.68. The minimum Gasteiger partial charge on any atom is -0.496 e. The molecule has 1 aromatic rings. The highest BCUT2D eigenvalue weighted by Gasteiger charge is 2.12. The van der Waals surface area contributed by atoms with Crippen LogP contribution in [0.3, 0.4) is 0 Å². The van der Waals surface area contributed by atoms with Gasteiger partial charge in [0.2, 0.25) is 0 Å². The summed E-state index contributed by atoms with van der Waals surface area (Å²) in [7, 11) is 1.72. The van der Waals surface area contributed by atoms with Gasteiger partial charge in [-0.2, -0.15) is 0 Å². The van der Waals surface area contributed by atoms with E-state index < -0.39 is 0 Å². The molecule has 1 unspecified atom stereocenters. The highest BCUT2D eigenvalue weighted by atomic mass is 79.9. The summed E-state index contributed by atoms with van der Waals surface area (Å²) in [4.78, 5) is 0. The maximum absolute atomic E-state index is 5.48. The lowest BCUT2D eigenvalue weighted by Crippen LogP contribution is -2.33. The highest BCUT2D eigenvalue weighted by molar-refractivity contribution is 9.10. The number of methoxy groups -OCH3 is 1. The summed E-state index contributed by atoms with van der Waals surface area (Å²) in [6, 6.07) is 6.58. The molecule has 0 aliphatic rings. The van der Waals surface area contributed by atoms with Crippen LogP contribution in [0.4, 0.5) is 0 Å². The summed E-state index contributed by atoms with van der Waals surface area (Å²) < 4.78 is 12.0. The second-order valence-electron chi connectivity index (χ2n) is 4.80. The largest absolute Gasteiger partial charge is 0.496 e. The number of benzene rings is 1. The Morgan fingerprint density at radius 1 is 1.30 bits per heavy atom. The normalized spacial score (nSPS) is 12.4. The summed E-state index contributed by atoms with van der Waals surface area (Å²) in [6.07, 6.45) is 3.11.